The van der Waals surface area contributed by atoms with Crippen molar-refractivity contribution >= 4 is 40.4 Å². The van der Waals surface area contributed by atoms with E-state index >= 15 is 0 Å². The summed E-state index contributed by atoms with van der Waals surface area (Å²) in [6.45, 7) is 0. The monoisotopic (exact) mass is 481 g/mol. The number of methoxy groups -OCH3 is 1. The number of rotatable bonds is 9. The third-order valence-corrected chi connectivity index (χ3v) is 6.43. The second-order valence-electron chi connectivity index (χ2n) is 6.71. The van der Waals surface area contributed by atoms with Crippen LogP contribution in [0.5, 0.6) is 5.75 Å². The first-order valence-electron chi connectivity index (χ1n) is 9.87. The van der Waals surface area contributed by atoms with Crippen LogP contribution in [0.25, 0.3) is 16.4 Å². The number of nitro benzene ring substituents is 1. The Balaban J connectivity index is 1.52. The molecule has 0 aliphatic rings. The Bertz CT molecular complexity index is 1270. The number of aromatic nitrogens is 3. The molecule has 2 heterocycles. The number of para-hydroxylation sites is 4. The maximum atomic E-state index is 12.4. The number of thiophene rings is 1. The van der Waals surface area contributed by atoms with E-state index in [1.165, 1.54) is 23.9 Å². The highest BCUT2D eigenvalue weighted by Crippen LogP contribution is 2.34. The summed E-state index contributed by atoms with van der Waals surface area (Å²) < 4.78 is 7.45. The summed E-state index contributed by atoms with van der Waals surface area (Å²) in [6, 6.07) is 17.5. The van der Waals surface area contributed by atoms with Gasteiger partial charge in [-0.15, -0.1) is 21.5 Å². The standard InChI is InChI=1S/C22H19N5O4S2/c1-31-18-10-5-4-9-17(18)26-21(19-11-6-13-32-19)24-25-22(26)33-14-12-20(28)23-15-7-2-3-8-16(15)27(29)30/h2-11,13H,12,14H2,1H3,(H,23,28). The first kappa shape index (κ1) is 22.5. The number of hydrogen-bond donors (Lipinski definition) is 1. The Labute approximate surface area is 197 Å². The highest BCUT2D eigenvalue weighted by Gasteiger charge is 2.20. The maximum Gasteiger partial charge on any atom is 0.292 e. The summed E-state index contributed by atoms with van der Waals surface area (Å²) in [4.78, 5) is 24.0. The van der Waals surface area contributed by atoms with Crippen molar-refractivity contribution in [2.75, 3.05) is 18.2 Å². The van der Waals surface area contributed by atoms with Crippen LogP contribution in [0.1, 0.15) is 6.42 Å². The Kier molecular flexibility index (Phi) is 7.01. The molecule has 4 rings (SSSR count). The summed E-state index contributed by atoms with van der Waals surface area (Å²) in [6.07, 6.45) is 0.143. The van der Waals surface area contributed by atoms with Crippen LogP contribution in [0.3, 0.4) is 0 Å². The first-order valence-corrected chi connectivity index (χ1v) is 11.7. The summed E-state index contributed by atoms with van der Waals surface area (Å²) in [7, 11) is 1.61. The highest BCUT2D eigenvalue weighted by molar-refractivity contribution is 7.99. The fourth-order valence-corrected chi connectivity index (χ4v) is 4.73. The third-order valence-electron chi connectivity index (χ3n) is 4.64. The summed E-state index contributed by atoms with van der Waals surface area (Å²) in [5.74, 6) is 1.44. The van der Waals surface area contributed by atoms with Gasteiger partial charge in [0, 0.05) is 18.2 Å². The van der Waals surface area contributed by atoms with Crippen LogP contribution in [-0.2, 0) is 4.79 Å². The largest absolute Gasteiger partial charge is 0.495 e. The van der Waals surface area contributed by atoms with Gasteiger partial charge in [-0.05, 0) is 29.6 Å². The number of nitrogens with one attached hydrogen (secondary N) is 1. The van der Waals surface area contributed by atoms with Crippen molar-refractivity contribution in [3.63, 3.8) is 0 Å². The van der Waals surface area contributed by atoms with E-state index in [2.05, 4.69) is 15.5 Å². The molecular formula is C22H19N5O4S2. The molecule has 2 aromatic carbocycles. The molecule has 0 unspecified atom stereocenters. The Hall–Kier alpha value is -3.70. The second kappa shape index (κ2) is 10.3. The predicted octanol–water partition coefficient (Wildman–Crippen LogP) is 5.03. The summed E-state index contributed by atoms with van der Waals surface area (Å²) in [5, 5.41) is 25.1. The van der Waals surface area contributed by atoms with Crippen molar-refractivity contribution in [2.24, 2.45) is 0 Å². The molecule has 0 aliphatic heterocycles. The number of nitrogens with zero attached hydrogens (tertiary/aromatic N) is 4. The quantitative estimate of drug-likeness (QED) is 0.203. The summed E-state index contributed by atoms with van der Waals surface area (Å²) in [5.41, 5.74) is 0.824. The minimum atomic E-state index is -0.522. The number of carbonyl (C=O) groups is 1. The third kappa shape index (κ3) is 5.04. The maximum absolute atomic E-state index is 12.4. The highest BCUT2D eigenvalue weighted by atomic mass is 32.2. The molecular weight excluding hydrogens is 462 g/mol. The van der Waals surface area contributed by atoms with Gasteiger partial charge >= 0.3 is 0 Å². The molecule has 0 fully saturated rings. The number of benzene rings is 2. The zero-order valence-electron chi connectivity index (χ0n) is 17.5. The predicted molar refractivity (Wildman–Crippen MR) is 128 cm³/mol. The molecule has 9 nitrogen and oxygen atoms in total. The SMILES string of the molecule is COc1ccccc1-n1c(SCCC(=O)Nc2ccccc2[N+](=O)[O-])nnc1-c1cccs1. The van der Waals surface area contributed by atoms with Crippen LogP contribution in [0.15, 0.2) is 71.2 Å². The van der Waals surface area contributed by atoms with E-state index in [0.29, 0.717) is 22.5 Å². The fourth-order valence-electron chi connectivity index (χ4n) is 3.15. The van der Waals surface area contributed by atoms with Crippen LogP contribution in [0.2, 0.25) is 0 Å². The van der Waals surface area contributed by atoms with Crippen molar-refractivity contribution in [3.05, 3.63) is 76.2 Å². The van der Waals surface area contributed by atoms with Crippen LogP contribution >= 0.6 is 23.1 Å². The average molecular weight is 482 g/mol. The summed E-state index contributed by atoms with van der Waals surface area (Å²) >= 11 is 2.92. The molecule has 1 amide bonds. The van der Waals surface area contributed by atoms with Gasteiger partial charge in [0.2, 0.25) is 5.91 Å². The Morgan fingerprint density at radius 1 is 1.15 bits per heavy atom. The Morgan fingerprint density at radius 3 is 2.70 bits per heavy atom. The van der Waals surface area contributed by atoms with Crippen molar-refractivity contribution in [3.8, 4) is 22.1 Å². The van der Waals surface area contributed by atoms with Gasteiger partial charge in [0.15, 0.2) is 11.0 Å². The van der Waals surface area contributed by atoms with Crippen LogP contribution in [-0.4, -0.2) is 38.5 Å². The first-order chi connectivity index (χ1) is 16.1. The van der Waals surface area contributed by atoms with E-state index in [4.69, 9.17) is 4.74 Å². The Morgan fingerprint density at radius 2 is 1.94 bits per heavy atom. The number of ether oxygens (including phenoxy) is 1. The number of anilines is 1. The molecule has 2 aromatic heterocycles. The van der Waals surface area contributed by atoms with Crippen LogP contribution < -0.4 is 10.1 Å². The van der Waals surface area contributed by atoms with Crippen LogP contribution in [0, 0.1) is 10.1 Å². The van der Waals surface area contributed by atoms with Crippen LogP contribution in [0.4, 0.5) is 11.4 Å². The van der Waals surface area contributed by atoms with Gasteiger partial charge < -0.3 is 10.1 Å². The van der Waals surface area contributed by atoms with E-state index < -0.39 is 4.92 Å². The van der Waals surface area contributed by atoms with Crippen molar-refractivity contribution in [1.82, 2.24) is 14.8 Å². The molecule has 0 atom stereocenters. The minimum absolute atomic E-state index is 0.143. The lowest BCUT2D eigenvalue weighted by Crippen LogP contribution is -2.13. The van der Waals surface area contributed by atoms with Crippen molar-refractivity contribution < 1.29 is 14.5 Å². The molecule has 1 N–H and O–H groups in total. The van der Waals surface area contributed by atoms with Gasteiger partial charge in [-0.3, -0.25) is 19.5 Å². The molecule has 33 heavy (non-hydrogen) atoms. The normalized spacial score (nSPS) is 10.7. The molecule has 4 aromatic rings. The topological polar surface area (TPSA) is 112 Å². The minimum Gasteiger partial charge on any atom is -0.495 e. The van der Waals surface area contributed by atoms with E-state index in [1.54, 1.807) is 30.6 Å². The van der Waals surface area contributed by atoms with Gasteiger partial charge in [-0.2, -0.15) is 0 Å². The lowest BCUT2D eigenvalue weighted by Gasteiger charge is -2.13. The van der Waals surface area contributed by atoms with E-state index in [9.17, 15) is 14.9 Å². The number of carbonyl (C=O) groups excluding carboxylic acids is 1. The number of amides is 1. The lowest BCUT2D eigenvalue weighted by molar-refractivity contribution is -0.383. The molecule has 11 heteroatoms. The van der Waals surface area contributed by atoms with E-state index in [1.807, 2.05) is 46.3 Å². The molecule has 0 saturated heterocycles. The molecule has 168 valence electrons. The number of hydrogen-bond acceptors (Lipinski definition) is 8. The second-order valence-corrected chi connectivity index (χ2v) is 8.72. The van der Waals surface area contributed by atoms with Gasteiger partial charge in [-0.1, -0.05) is 42.1 Å². The number of thioether (sulfide) groups is 1. The molecule has 0 aliphatic carbocycles. The average Bonchev–Trinajstić information content (AvgIpc) is 3.49. The van der Waals surface area contributed by atoms with Gasteiger partial charge in [0.25, 0.3) is 5.69 Å². The van der Waals surface area contributed by atoms with Gasteiger partial charge in [-0.25, -0.2) is 0 Å². The van der Waals surface area contributed by atoms with E-state index in [0.717, 1.165) is 10.6 Å². The van der Waals surface area contributed by atoms with Crippen molar-refractivity contribution in [1.29, 1.82) is 0 Å². The zero-order valence-corrected chi connectivity index (χ0v) is 19.1. The smallest absolute Gasteiger partial charge is 0.292 e. The van der Waals surface area contributed by atoms with Gasteiger partial charge in [0.1, 0.15) is 11.4 Å². The molecule has 0 spiro atoms. The zero-order chi connectivity index (χ0) is 23.2. The molecule has 0 saturated carbocycles. The fraction of sp³-hybridized carbons (Fsp3) is 0.136. The molecule has 0 bridgehead atoms. The molecule has 0 radical (unpaired) electrons. The van der Waals surface area contributed by atoms with E-state index in [-0.39, 0.29) is 23.7 Å². The van der Waals surface area contributed by atoms with Crippen molar-refractivity contribution in [2.45, 2.75) is 11.6 Å². The lowest BCUT2D eigenvalue weighted by atomic mass is 10.2. The number of nitro groups is 1. The van der Waals surface area contributed by atoms with Gasteiger partial charge in [0.05, 0.1) is 22.6 Å².